The molecule has 0 spiro atoms. The molecule has 0 aliphatic rings. The van der Waals surface area contributed by atoms with Crippen molar-refractivity contribution in [2.24, 2.45) is 0 Å². The van der Waals surface area contributed by atoms with Crippen LogP contribution in [0.3, 0.4) is 0 Å². The fourth-order valence-electron chi connectivity index (χ4n) is 0.553. The number of aliphatic carboxylic acids is 1. The minimum Gasteiger partial charge on any atom is -0.479 e. The second-order valence-electron chi connectivity index (χ2n) is 1.82. The Kier molecular flexibility index (Phi) is 4.28. The number of ether oxygens (including phenoxy) is 1. The molecule has 0 rings (SSSR count). The van der Waals surface area contributed by atoms with E-state index in [9.17, 15) is 9.59 Å². The highest BCUT2D eigenvalue weighted by atomic mass is 16.5. The lowest BCUT2D eigenvalue weighted by atomic mass is 10.2. The topological polar surface area (TPSA) is 63.6 Å². The number of carbonyl (C=O) groups excluding carboxylic acids is 1. The minimum absolute atomic E-state index is 0.338. The highest BCUT2D eigenvalue weighted by molar-refractivity contribution is 5.73. The van der Waals surface area contributed by atoms with Crippen LogP contribution in [0, 0.1) is 0 Å². The first kappa shape index (κ1) is 8.94. The van der Waals surface area contributed by atoms with E-state index in [0.717, 1.165) is 6.47 Å². The van der Waals surface area contributed by atoms with Crippen LogP contribution >= 0.6 is 0 Å². The molecule has 1 N–H and O–H groups in total. The maximum Gasteiger partial charge on any atom is 0.418 e. The average molecular weight is 145 g/mol. The smallest absolute Gasteiger partial charge is 0.418 e. The van der Waals surface area contributed by atoms with Gasteiger partial charge in [-0.25, -0.2) is 9.59 Å². The summed E-state index contributed by atoms with van der Waals surface area (Å²) in [4.78, 5) is 19.8. The Morgan fingerprint density at radius 3 is 2.70 bits per heavy atom. The van der Waals surface area contributed by atoms with Crippen LogP contribution in [0.5, 0.6) is 0 Å². The predicted octanol–water partition coefficient (Wildman–Crippen LogP) is 0.323. The van der Waals surface area contributed by atoms with Crippen LogP contribution in [-0.4, -0.2) is 23.7 Å². The van der Waals surface area contributed by atoms with Gasteiger partial charge in [0.05, 0.1) is 0 Å². The van der Waals surface area contributed by atoms with E-state index in [1.165, 1.54) is 0 Å². The molecule has 0 aliphatic heterocycles. The quantitative estimate of drug-likeness (QED) is 0.605. The van der Waals surface area contributed by atoms with Gasteiger partial charge in [-0.2, -0.15) is 0 Å². The number of rotatable bonds is 5. The van der Waals surface area contributed by atoms with Crippen LogP contribution in [-0.2, 0) is 14.3 Å². The van der Waals surface area contributed by atoms with Crippen molar-refractivity contribution in [2.45, 2.75) is 25.9 Å². The van der Waals surface area contributed by atoms with Crippen molar-refractivity contribution in [1.29, 1.82) is 0 Å². The molecule has 10 heavy (non-hydrogen) atoms. The van der Waals surface area contributed by atoms with Gasteiger partial charge in [-0.05, 0) is 6.42 Å². The van der Waals surface area contributed by atoms with Crippen molar-refractivity contribution in [2.75, 3.05) is 0 Å². The van der Waals surface area contributed by atoms with Crippen LogP contribution in [0.1, 0.15) is 19.8 Å². The third-order valence-corrected chi connectivity index (χ3v) is 1.02. The van der Waals surface area contributed by atoms with Gasteiger partial charge in [0, 0.05) is 0 Å². The molecule has 1 atom stereocenters. The number of carbonyl (C=O) groups is 1. The van der Waals surface area contributed by atoms with Crippen LogP contribution in [0.4, 0.5) is 0 Å². The maximum atomic E-state index is 10.2. The molecule has 0 aliphatic carbocycles. The van der Waals surface area contributed by atoms with E-state index in [1.807, 2.05) is 6.92 Å². The minimum atomic E-state index is -1.12. The van der Waals surface area contributed by atoms with Crippen molar-refractivity contribution >= 4 is 12.4 Å². The first-order chi connectivity index (χ1) is 4.72. The van der Waals surface area contributed by atoms with Crippen LogP contribution in [0.15, 0.2) is 0 Å². The second kappa shape index (κ2) is 4.78. The predicted molar refractivity (Wildman–Crippen MR) is 33.1 cm³/mol. The van der Waals surface area contributed by atoms with Crippen molar-refractivity contribution in [3.05, 3.63) is 0 Å². The summed E-state index contributed by atoms with van der Waals surface area (Å²) in [5.41, 5.74) is 0. The van der Waals surface area contributed by atoms with E-state index in [0.29, 0.717) is 12.8 Å². The number of hydrogen-bond donors (Lipinski definition) is 1. The third kappa shape index (κ3) is 3.06. The Balaban J connectivity index is 3.71. The van der Waals surface area contributed by atoms with Crippen molar-refractivity contribution < 1.29 is 19.4 Å². The Hall–Kier alpha value is -1.06. The van der Waals surface area contributed by atoms with Crippen LogP contribution < -0.4 is 0 Å². The Labute approximate surface area is 58.8 Å². The van der Waals surface area contributed by atoms with E-state index in [-0.39, 0.29) is 0 Å². The highest BCUT2D eigenvalue weighted by Gasteiger charge is 2.16. The third-order valence-electron chi connectivity index (χ3n) is 1.02. The van der Waals surface area contributed by atoms with Crippen LogP contribution in [0.2, 0.25) is 0 Å². The zero-order chi connectivity index (χ0) is 7.98. The summed E-state index contributed by atoms with van der Waals surface area (Å²) in [6.45, 7) is 2.91. The summed E-state index contributed by atoms with van der Waals surface area (Å²) in [7, 11) is 0. The zero-order valence-electron chi connectivity index (χ0n) is 5.66. The number of carboxylic acids is 1. The normalized spacial score (nSPS) is 12.1. The van der Waals surface area contributed by atoms with E-state index < -0.39 is 12.1 Å². The van der Waals surface area contributed by atoms with Gasteiger partial charge >= 0.3 is 12.4 Å². The molecule has 4 nitrogen and oxygen atoms in total. The number of carboxylic acid groups (broad SMARTS) is 1. The van der Waals surface area contributed by atoms with Gasteiger partial charge in [0.2, 0.25) is 0 Å². The standard InChI is InChI=1S/C6H9O4/c1-2-3-5(6(8)9)10-4-7/h5H,2-3H2,1H3,(H,8,9). The lowest BCUT2D eigenvalue weighted by Gasteiger charge is -2.06. The van der Waals surface area contributed by atoms with E-state index in [2.05, 4.69) is 4.74 Å². The van der Waals surface area contributed by atoms with Crippen molar-refractivity contribution in [1.82, 2.24) is 0 Å². The van der Waals surface area contributed by atoms with E-state index >= 15 is 0 Å². The second-order valence-corrected chi connectivity index (χ2v) is 1.82. The van der Waals surface area contributed by atoms with E-state index in [1.54, 1.807) is 0 Å². The summed E-state index contributed by atoms with van der Waals surface area (Å²) in [6, 6.07) is 0. The molecule has 4 heteroatoms. The monoisotopic (exact) mass is 145 g/mol. The first-order valence-electron chi connectivity index (χ1n) is 2.98. The number of hydrogen-bond acceptors (Lipinski definition) is 3. The lowest BCUT2D eigenvalue weighted by molar-refractivity contribution is -0.146. The largest absolute Gasteiger partial charge is 0.479 e. The Morgan fingerprint density at radius 1 is 1.80 bits per heavy atom. The SMILES string of the molecule is CCCC(O[C]=O)C(=O)O. The molecular weight excluding hydrogens is 136 g/mol. The first-order valence-corrected chi connectivity index (χ1v) is 2.98. The maximum absolute atomic E-state index is 10.2. The summed E-state index contributed by atoms with van der Waals surface area (Å²) in [6.07, 6.45) is -0.0223. The van der Waals surface area contributed by atoms with Gasteiger partial charge in [0.25, 0.3) is 0 Å². The van der Waals surface area contributed by atoms with Crippen molar-refractivity contribution in [3.63, 3.8) is 0 Å². The fourth-order valence-corrected chi connectivity index (χ4v) is 0.553. The molecule has 0 fully saturated rings. The molecular formula is C6H9O4. The summed E-state index contributed by atoms with van der Waals surface area (Å²) < 4.78 is 4.14. The fraction of sp³-hybridized carbons (Fsp3) is 0.667. The molecule has 1 radical (unpaired) electrons. The summed E-state index contributed by atoms with van der Waals surface area (Å²) in [5, 5.41) is 8.33. The lowest BCUT2D eigenvalue weighted by Crippen LogP contribution is -2.22. The van der Waals surface area contributed by atoms with Gasteiger partial charge in [-0.3, -0.25) is 0 Å². The molecule has 1 unspecified atom stereocenters. The van der Waals surface area contributed by atoms with Gasteiger partial charge in [0.1, 0.15) is 0 Å². The van der Waals surface area contributed by atoms with Gasteiger partial charge in [-0.1, -0.05) is 13.3 Å². The molecule has 0 aromatic rings. The van der Waals surface area contributed by atoms with Gasteiger partial charge in [0.15, 0.2) is 6.10 Å². The zero-order valence-corrected chi connectivity index (χ0v) is 5.66. The van der Waals surface area contributed by atoms with Crippen molar-refractivity contribution in [3.8, 4) is 0 Å². The molecule has 0 saturated carbocycles. The van der Waals surface area contributed by atoms with E-state index in [4.69, 9.17) is 5.11 Å². The molecule has 0 amide bonds. The Bertz CT molecular complexity index is 121. The molecule has 0 aromatic carbocycles. The average Bonchev–Trinajstić information content (AvgIpc) is 1.87. The summed E-state index contributed by atoms with van der Waals surface area (Å²) in [5.74, 6) is -1.12. The molecule has 0 aromatic heterocycles. The molecule has 57 valence electrons. The molecule has 0 saturated heterocycles. The Morgan fingerprint density at radius 2 is 2.40 bits per heavy atom. The van der Waals surface area contributed by atoms with Crippen LogP contribution in [0.25, 0.3) is 0 Å². The highest BCUT2D eigenvalue weighted by Crippen LogP contribution is 1.99. The summed E-state index contributed by atoms with van der Waals surface area (Å²) >= 11 is 0. The van der Waals surface area contributed by atoms with Gasteiger partial charge in [-0.15, -0.1) is 0 Å². The molecule has 0 bridgehead atoms. The van der Waals surface area contributed by atoms with Gasteiger partial charge < -0.3 is 9.84 Å². The molecule has 0 heterocycles.